The van der Waals surface area contributed by atoms with Crippen molar-refractivity contribution in [3.8, 4) is 0 Å². The van der Waals surface area contributed by atoms with Gasteiger partial charge in [0.15, 0.2) is 0 Å². The molecule has 1 unspecified atom stereocenters. The summed E-state index contributed by atoms with van der Waals surface area (Å²) in [6.45, 7) is 7.84. The first-order chi connectivity index (χ1) is 8.70. The van der Waals surface area contributed by atoms with Crippen LogP contribution in [0, 0.1) is 0 Å². The lowest BCUT2D eigenvalue weighted by molar-refractivity contribution is 0.170. The van der Waals surface area contributed by atoms with Crippen LogP contribution in [-0.4, -0.2) is 34.5 Å². The van der Waals surface area contributed by atoms with Crippen LogP contribution in [0.2, 0.25) is 0 Å². The lowest BCUT2D eigenvalue weighted by Gasteiger charge is -2.40. The smallest absolute Gasteiger partial charge is 0.212 e. The van der Waals surface area contributed by atoms with Gasteiger partial charge in [0.1, 0.15) is 6.33 Å². The van der Waals surface area contributed by atoms with Gasteiger partial charge in [0.05, 0.1) is 12.3 Å². The van der Waals surface area contributed by atoms with Crippen molar-refractivity contribution in [2.24, 2.45) is 0 Å². The lowest BCUT2D eigenvalue weighted by Crippen LogP contribution is -2.48. The molecule has 0 bridgehead atoms. The number of sulfonamides is 1. The molecule has 0 aliphatic carbocycles. The van der Waals surface area contributed by atoms with E-state index in [4.69, 9.17) is 0 Å². The summed E-state index contributed by atoms with van der Waals surface area (Å²) >= 11 is 0. The van der Waals surface area contributed by atoms with Gasteiger partial charge >= 0.3 is 0 Å². The topological polar surface area (TPSA) is 63.2 Å². The zero-order chi connectivity index (χ0) is 14.7. The van der Waals surface area contributed by atoms with Gasteiger partial charge in [0.25, 0.3) is 0 Å². The standard InChI is InChI=1S/C13H23N3O2S/c1-6-7-13(3,4)16(19(5,17)18)11(2)12-8-14-10-15-9-12/h8-11H,6-7H2,1-5H3. The number of hydrogen-bond acceptors (Lipinski definition) is 4. The van der Waals surface area contributed by atoms with E-state index in [0.717, 1.165) is 18.4 Å². The fourth-order valence-corrected chi connectivity index (χ4v) is 4.33. The predicted octanol–water partition coefficient (Wildman–Crippen LogP) is 2.38. The SMILES string of the molecule is CCCC(C)(C)N(C(C)c1cncnc1)S(C)(=O)=O. The van der Waals surface area contributed by atoms with Crippen molar-refractivity contribution >= 4 is 10.0 Å². The Kier molecular flexibility index (Phi) is 5.04. The Balaban J connectivity index is 3.20. The van der Waals surface area contributed by atoms with E-state index in [2.05, 4.69) is 16.9 Å². The molecule has 0 saturated carbocycles. The molecule has 5 nitrogen and oxygen atoms in total. The van der Waals surface area contributed by atoms with Crippen LogP contribution in [0.5, 0.6) is 0 Å². The third-order valence-corrected chi connectivity index (χ3v) is 4.76. The fourth-order valence-electron chi connectivity index (χ4n) is 2.64. The number of rotatable bonds is 6. The van der Waals surface area contributed by atoms with Gasteiger partial charge in [-0.2, -0.15) is 4.31 Å². The van der Waals surface area contributed by atoms with Gasteiger partial charge in [-0.3, -0.25) is 0 Å². The maximum Gasteiger partial charge on any atom is 0.212 e. The highest BCUT2D eigenvalue weighted by molar-refractivity contribution is 7.88. The first-order valence-electron chi connectivity index (χ1n) is 6.44. The normalized spacial score (nSPS) is 14.6. The molecule has 0 N–H and O–H groups in total. The summed E-state index contributed by atoms with van der Waals surface area (Å²) < 4.78 is 25.9. The molecular formula is C13H23N3O2S. The highest BCUT2D eigenvalue weighted by Crippen LogP contribution is 2.33. The van der Waals surface area contributed by atoms with Crippen LogP contribution >= 0.6 is 0 Å². The Morgan fingerprint density at radius 1 is 1.32 bits per heavy atom. The minimum atomic E-state index is -3.31. The van der Waals surface area contributed by atoms with Gasteiger partial charge in [-0.05, 0) is 27.2 Å². The van der Waals surface area contributed by atoms with E-state index < -0.39 is 15.6 Å². The molecule has 0 radical (unpaired) electrons. The molecule has 108 valence electrons. The second kappa shape index (κ2) is 5.96. The van der Waals surface area contributed by atoms with Crippen molar-refractivity contribution < 1.29 is 8.42 Å². The molecule has 0 fully saturated rings. The van der Waals surface area contributed by atoms with E-state index in [0.29, 0.717) is 0 Å². The molecule has 0 aliphatic rings. The van der Waals surface area contributed by atoms with Crippen LogP contribution in [0.1, 0.15) is 52.1 Å². The molecular weight excluding hydrogens is 262 g/mol. The van der Waals surface area contributed by atoms with Gasteiger partial charge < -0.3 is 0 Å². The summed E-state index contributed by atoms with van der Waals surface area (Å²) in [5.74, 6) is 0. The summed E-state index contributed by atoms with van der Waals surface area (Å²) in [7, 11) is -3.31. The van der Waals surface area contributed by atoms with Crippen LogP contribution < -0.4 is 0 Å². The van der Waals surface area contributed by atoms with E-state index in [1.165, 1.54) is 12.6 Å². The molecule has 1 rings (SSSR count). The van der Waals surface area contributed by atoms with Gasteiger partial charge in [-0.1, -0.05) is 13.3 Å². The largest absolute Gasteiger partial charge is 0.244 e. The van der Waals surface area contributed by atoms with Crippen molar-refractivity contribution in [1.82, 2.24) is 14.3 Å². The maximum absolute atomic E-state index is 12.2. The number of hydrogen-bond donors (Lipinski definition) is 0. The molecule has 0 saturated heterocycles. The van der Waals surface area contributed by atoms with Crippen LogP contribution in [0.3, 0.4) is 0 Å². The van der Waals surface area contributed by atoms with Gasteiger partial charge in [0, 0.05) is 23.5 Å². The van der Waals surface area contributed by atoms with Crippen LogP contribution in [-0.2, 0) is 10.0 Å². The fraction of sp³-hybridized carbons (Fsp3) is 0.692. The van der Waals surface area contributed by atoms with Crippen molar-refractivity contribution in [3.63, 3.8) is 0 Å². The van der Waals surface area contributed by atoms with E-state index in [1.807, 2.05) is 20.8 Å². The van der Waals surface area contributed by atoms with E-state index in [-0.39, 0.29) is 6.04 Å². The van der Waals surface area contributed by atoms with Crippen LogP contribution in [0.25, 0.3) is 0 Å². The first kappa shape index (κ1) is 16.0. The van der Waals surface area contributed by atoms with Crippen molar-refractivity contribution in [1.29, 1.82) is 0 Å². The second-order valence-corrected chi connectivity index (χ2v) is 7.33. The number of nitrogens with zero attached hydrogens (tertiary/aromatic N) is 3. The lowest BCUT2D eigenvalue weighted by atomic mass is 9.96. The van der Waals surface area contributed by atoms with Crippen molar-refractivity contribution in [2.45, 2.75) is 52.1 Å². The van der Waals surface area contributed by atoms with Crippen LogP contribution in [0.4, 0.5) is 0 Å². The summed E-state index contributed by atoms with van der Waals surface area (Å²) in [5.41, 5.74) is 0.370. The van der Waals surface area contributed by atoms with Gasteiger partial charge in [-0.15, -0.1) is 0 Å². The predicted molar refractivity (Wildman–Crippen MR) is 76.1 cm³/mol. The average molecular weight is 285 g/mol. The molecule has 1 aromatic heterocycles. The van der Waals surface area contributed by atoms with Gasteiger partial charge in [0.2, 0.25) is 10.0 Å². The second-order valence-electron chi connectivity index (χ2n) is 5.47. The monoisotopic (exact) mass is 285 g/mol. The highest BCUT2D eigenvalue weighted by atomic mass is 32.2. The highest BCUT2D eigenvalue weighted by Gasteiger charge is 2.37. The zero-order valence-electron chi connectivity index (χ0n) is 12.3. The molecule has 19 heavy (non-hydrogen) atoms. The van der Waals surface area contributed by atoms with Crippen molar-refractivity contribution in [3.05, 3.63) is 24.3 Å². The van der Waals surface area contributed by atoms with E-state index in [1.54, 1.807) is 16.7 Å². The van der Waals surface area contributed by atoms with Crippen LogP contribution in [0.15, 0.2) is 18.7 Å². The average Bonchev–Trinajstić information content (AvgIpc) is 2.27. The number of aromatic nitrogens is 2. The quantitative estimate of drug-likeness (QED) is 0.805. The summed E-state index contributed by atoms with van der Waals surface area (Å²) in [6, 6.07) is -0.280. The molecule has 1 heterocycles. The Morgan fingerprint density at radius 2 is 1.84 bits per heavy atom. The Hall–Kier alpha value is -1.01. The van der Waals surface area contributed by atoms with Gasteiger partial charge in [-0.25, -0.2) is 18.4 Å². The molecule has 1 aromatic rings. The van der Waals surface area contributed by atoms with E-state index >= 15 is 0 Å². The minimum absolute atomic E-state index is 0.280. The molecule has 0 aliphatic heterocycles. The summed E-state index contributed by atoms with van der Waals surface area (Å²) in [6.07, 6.45) is 7.76. The zero-order valence-corrected chi connectivity index (χ0v) is 13.1. The molecule has 6 heteroatoms. The van der Waals surface area contributed by atoms with E-state index in [9.17, 15) is 8.42 Å². The van der Waals surface area contributed by atoms with Crippen molar-refractivity contribution in [2.75, 3.05) is 6.26 Å². The Morgan fingerprint density at radius 3 is 2.26 bits per heavy atom. The Labute approximate surface area is 116 Å². The summed E-state index contributed by atoms with van der Waals surface area (Å²) in [5, 5.41) is 0. The third-order valence-electron chi connectivity index (χ3n) is 3.23. The third kappa shape index (κ3) is 3.98. The molecule has 0 amide bonds. The summed E-state index contributed by atoms with van der Waals surface area (Å²) in [4.78, 5) is 7.93. The first-order valence-corrected chi connectivity index (χ1v) is 8.29. The molecule has 0 aromatic carbocycles. The molecule has 1 atom stereocenters. The molecule has 0 spiro atoms. The minimum Gasteiger partial charge on any atom is -0.244 e. The maximum atomic E-state index is 12.2. The Bertz CT molecular complexity index is 500.